The largest absolute Gasteiger partial charge is 0.335 e. The van der Waals surface area contributed by atoms with Crippen LogP contribution >= 0.6 is 15.9 Å². The van der Waals surface area contributed by atoms with Crippen molar-refractivity contribution in [3.8, 4) is 0 Å². The number of carbonyl (C=O) groups is 2. The number of para-hydroxylation sites is 1. The van der Waals surface area contributed by atoms with Gasteiger partial charge in [-0.2, -0.15) is 0 Å². The number of anilines is 2. The average molecular weight is 678 g/mol. The summed E-state index contributed by atoms with van der Waals surface area (Å²) in [5.41, 5.74) is 5.20. The first-order valence-electron chi connectivity index (χ1n) is 16.2. The van der Waals surface area contributed by atoms with E-state index in [1.54, 1.807) is 0 Å². The highest BCUT2D eigenvalue weighted by Gasteiger charge is 2.21. The van der Waals surface area contributed by atoms with Crippen LogP contribution in [-0.4, -0.2) is 66.7 Å². The molecule has 0 atom stereocenters. The van der Waals surface area contributed by atoms with Gasteiger partial charge in [0.15, 0.2) is 0 Å². The minimum Gasteiger partial charge on any atom is -0.335 e. The summed E-state index contributed by atoms with van der Waals surface area (Å²) in [5, 5.41) is 12.1. The van der Waals surface area contributed by atoms with E-state index < -0.39 is 0 Å². The molecule has 0 bridgehead atoms. The van der Waals surface area contributed by atoms with Crippen LogP contribution < -0.4 is 21.3 Å². The zero-order chi connectivity index (χ0) is 32.0. The van der Waals surface area contributed by atoms with Gasteiger partial charge in [-0.15, -0.1) is 0 Å². The van der Waals surface area contributed by atoms with Crippen molar-refractivity contribution in [3.05, 3.63) is 94.0 Å². The highest BCUT2D eigenvalue weighted by molar-refractivity contribution is 9.10. The molecule has 0 aliphatic carbocycles. The summed E-state index contributed by atoms with van der Waals surface area (Å²) >= 11 is 3.44. The van der Waals surface area contributed by atoms with Gasteiger partial charge >= 0.3 is 12.1 Å². The van der Waals surface area contributed by atoms with Crippen molar-refractivity contribution >= 4 is 39.4 Å². The van der Waals surface area contributed by atoms with Crippen molar-refractivity contribution < 1.29 is 9.59 Å². The predicted molar refractivity (Wildman–Crippen MR) is 189 cm³/mol. The van der Waals surface area contributed by atoms with Crippen LogP contribution in [-0.2, 0) is 6.54 Å². The van der Waals surface area contributed by atoms with E-state index in [-0.39, 0.29) is 18.1 Å². The number of hydrogen-bond acceptors (Lipinski definition) is 4. The Morgan fingerprint density at radius 3 is 1.80 bits per heavy atom. The third-order valence-electron chi connectivity index (χ3n) is 8.46. The Bertz CT molecular complexity index is 1350. The van der Waals surface area contributed by atoms with Crippen LogP contribution in [0, 0.1) is 13.8 Å². The summed E-state index contributed by atoms with van der Waals surface area (Å²) in [4.78, 5) is 29.2. The topological polar surface area (TPSA) is 88.7 Å². The second-order valence-corrected chi connectivity index (χ2v) is 13.0. The van der Waals surface area contributed by atoms with E-state index in [9.17, 15) is 9.59 Å². The van der Waals surface area contributed by atoms with Gasteiger partial charge in [-0.05, 0) is 93.5 Å². The molecule has 2 saturated heterocycles. The molecule has 242 valence electrons. The Morgan fingerprint density at radius 2 is 1.24 bits per heavy atom. The van der Waals surface area contributed by atoms with Crippen molar-refractivity contribution in [2.24, 2.45) is 0 Å². The van der Waals surface area contributed by atoms with Gasteiger partial charge in [-0.3, -0.25) is 4.90 Å². The number of halogens is 1. The van der Waals surface area contributed by atoms with Gasteiger partial charge in [0.25, 0.3) is 0 Å². The summed E-state index contributed by atoms with van der Waals surface area (Å²) < 4.78 is 1.02. The Balaban J connectivity index is 0.000000210. The number of urea groups is 2. The molecule has 2 fully saturated rings. The molecule has 2 aliphatic rings. The van der Waals surface area contributed by atoms with Crippen LogP contribution in [0.2, 0.25) is 0 Å². The van der Waals surface area contributed by atoms with Gasteiger partial charge in [-0.1, -0.05) is 71.4 Å². The van der Waals surface area contributed by atoms with E-state index in [1.165, 1.54) is 18.5 Å². The standard InChI is InChI=1S/C20H24BrN3O.C16H25N3O/c1-15-13-17(21)7-8-19(15)23-20(25)22-18-9-11-24(12-10-18)14-16-5-3-2-4-6-16;1-3-10-19-11-8-14(9-12-19)17-16(20)18-15-7-5-4-6-13(15)2/h2-8,13,18H,9-12,14H2,1H3,(H2,22,23,25);4-7,14H,3,8-12H2,1-2H3,(H2,17,18,20). The molecular weight excluding hydrogens is 628 g/mol. The van der Waals surface area contributed by atoms with Crippen LogP contribution in [0.4, 0.5) is 21.0 Å². The number of benzene rings is 3. The van der Waals surface area contributed by atoms with Gasteiger partial charge in [0.1, 0.15) is 0 Å². The molecule has 0 radical (unpaired) electrons. The number of rotatable bonds is 8. The molecule has 2 aliphatic heterocycles. The molecule has 5 rings (SSSR count). The number of nitrogens with zero attached hydrogens (tertiary/aromatic N) is 2. The summed E-state index contributed by atoms with van der Waals surface area (Å²) in [7, 11) is 0. The van der Waals surface area contributed by atoms with Crippen molar-refractivity contribution in [3.63, 3.8) is 0 Å². The second kappa shape index (κ2) is 17.9. The monoisotopic (exact) mass is 676 g/mol. The first-order chi connectivity index (χ1) is 21.8. The average Bonchev–Trinajstić information content (AvgIpc) is 3.03. The first kappa shape index (κ1) is 34.5. The fourth-order valence-corrected chi connectivity index (χ4v) is 6.34. The summed E-state index contributed by atoms with van der Waals surface area (Å²) in [6, 6.07) is 24.6. The van der Waals surface area contributed by atoms with Gasteiger partial charge in [0.2, 0.25) is 0 Å². The molecule has 0 spiro atoms. The quantitative estimate of drug-likeness (QED) is 0.199. The molecule has 4 amide bonds. The van der Waals surface area contributed by atoms with Crippen molar-refractivity contribution in [1.29, 1.82) is 0 Å². The molecule has 3 aromatic carbocycles. The normalized spacial score (nSPS) is 16.3. The molecule has 3 aromatic rings. The molecule has 8 nitrogen and oxygen atoms in total. The third-order valence-corrected chi connectivity index (χ3v) is 8.96. The van der Waals surface area contributed by atoms with Crippen molar-refractivity contribution in [2.45, 2.75) is 71.5 Å². The fraction of sp³-hybridized carbons (Fsp3) is 0.444. The van der Waals surface area contributed by atoms with Gasteiger partial charge in [-0.25, -0.2) is 9.59 Å². The first-order valence-corrected chi connectivity index (χ1v) is 17.0. The molecule has 0 saturated carbocycles. The minimum absolute atomic E-state index is 0.0896. The summed E-state index contributed by atoms with van der Waals surface area (Å²) in [6.07, 6.45) is 5.26. The summed E-state index contributed by atoms with van der Waals surface area (Å²) in [5.74, 6) is 0. The Labute approximate surface area is 277 Å². The third kappa shape index (κ3) is 11.8. The maximum atomic E-state index is 12.2. The van der Waals surface area contributed by atoms with Crippen LogP contribution in [0.1, 0.15) is 55.7 Å². The fourth-order valence-electron chi connectivity index (χ4n) is 5.86. The Hall–Kier alpha value is -3.40. The van der Waals surface area contributed by atoms with Gasteiger partial charge in [0.05, 0.1) is 0 Å². The summed E-state index contributed by atoms with van der Waals surface area (Å²) in [6.45, 7) is 12.5. The lowest BCUT2D eigenvalue weighted by atomic mass is 10.0. The zero-order valence-corrected chi connectivity index (χ0v) is 28.5. The van der Waals surface area contributed by atoms with Gasteiger partial charge in [0, 0.05) is 60.7 Å². The number of likely N-dealkylation sites (tertiary alicyclic amines) is 2. The van der Waals surface area contributed by atoms with Crippen molar-refractivity contribution in [1.82, 2.24) is 20.4 Å². The number of hydrogen-bond donors (Lipinski definition) is 4. The number of carbonyl (C=O) groups excluding carboxylic acids is 2. The Morgan fingerprint density at radius 1 is 0.711 bits per heavy atom. The van der Waals surface area contributed by atoms with E-state index in [0.717, 1.165) is 85.4 Å². The molecule has 45 heavy (non-hydrogen) atoms. The lowest BCUT2D eigenvalue weighted by Gasteiger charge is -2.32. The number of nitrogens with one attached hydrogen (secondary N) is 4. The SMILES string of the molecule is CCCN1CCC(NC(=O)Nc2ccccc2C)CC1.Cc1cc(Br)ccc1NC(=O)NC1CCN(Cc2ccccc2)CC1. The van der Waals surface area contributed by atoms with E-state index in [2.05, 4.69) is 78.2 Å². The maximum Gasteiger partial charge on any atom is 0.319 e. The second-order valence-electron chi connectivity index (χ2n) is 12.1. The smallest absolute Gasteiger partial charge is 0.319 e. The zero-order valence-electron chi connectivity index (χ0n) is 26.9. The molecule has 2 heterocycles. The highest BCUT2D eigenvalue weighted by atomic mass is 79.9. The Kier molecular flexibility index (Phi) is 13.7. The van der Waals surface area contributed by atoms with Crippen LogP contribution in [0.25, 0.3) is 0 Å². The molecule has 0 aromatic heterocycles. The molecule has 0 unspecified atom stereocenters. The molecular formula is C36H49BrN6O2. The number of piperidine rings is 2. The lowest BCUT2D eigenvalue weighted by Crippen LogP contribution is -2.46. The van der Waals surface area contributed by atoms with Crippen molar-refractivity contribution in [2.75, 3.05) is 43.4 Å². The minimum atomic E-state index is -0.119. The molecule has 4 N–H and O–H groups in total. The predicted octanol–water partition coefficient (Wildman–Crippen LogP) is 7.53. The van der Waals surface area contributed by atoms with E-state index in [0.29, 0.717) is 6.04 Å². The van der Waals surface area contributed by atoms with Gasteiger partial charge < -0.3 is 26.2 Å². The maximum absolute atomic E-state index is 12.2. The lowest BCUT2D eigenvalue weighted by molar-refractivity contribution is 0.190. The van der Waals surface area contributed by atoms with Crippen LogP contribution in [0.3, 0.4) is 0 Å². The molecule has 9 heteroatoms. The number of amides is 4. The highest BCUT2D eigenvalue weighted by Crippen LogP contribution is 2.20. The van der Waals surface area contributed by atoms with E-state index in [4.69, 9.17) is 0 Å². The number of aryl methyl sites for hydroxylation is 2. The van der Waals surface area contributed by atoms with E-state index in [1.807, 2.05) is 62.4 Å². The van der Waals surface area contributed by atoms with Crippen LogP contribution in [0.5, 0.6) is 0 Å². The van der Waals surface area contributed by atoms with Crippen LogP contribution in [0.15, 0.2) is 77.3 Å². The van der Waals surface area contributed by atoms with E-state index >= 15 is 0 Å².